The Balaban J connectivity index is 2.16. The minimum absolute atomic E-state index is 0.0708. The average Bonchev–Trinajstić information content (AvgIpc) is 2.50. The highest BCUT2D eigenvalue weighted by molar-refractivity contribution is 8.00. The second kappa shape index (κ2) is 7.31. The Hall–Kier alpha value is -2.27. The number of halogens is 4. The second-order valence-corrected chi connectivity index (χ2v) is 6.49. The maximum Gasteiger partial charge on any atom is 0.416 e. The number of thioether (sulfide) groups is 1. The highest BCUT2D eigenvalue weighted by atomic mass is 35.5. The van der Waals surface area contributed by atoms with E-state index in [1.165, 1.54) is 6.92 Å². The van der Waals surface area contributed by atoms with Gasteiger partial charge in [-0.15, -0.1) is 0 Å². The molecule has 2 aromatic rings. The van der Waals surface area contributed by atoms with Crippen molar-refractivity contribution in [2.24, 2.45) is 0 Å². The van der Waals surface area contributed by atoms with Crippen LogP contribution in [0.25, 0.3) is 0 Å². The fourth-order valence-corrected chi connectivity index (χ4v) is 2.59. The number of carbonyl (C=O) groups excluding carboxylic acids is 1. The molecule has 0 saturated heterocycles. The molecule has 1 amide bonds. The van der Waals surface area contributed by atoms with Crippen LogP contribution >= 0.6 is 23.4 Å². The number of aromatic amines is 2. The van der Waals surface area contributed by atoms with Crippen LogP contribution in [0.2, 0.25) is 5.02 Å². The molecule has 0 aliphatic rings. The van der Waals surface area contributed by atoms with Crippen molar-refractivity contribution in [1.29, 1.82) is 0 Å². The maximum absolute atomic E-state index is 12.7. The van der Waals surface area contributed by atoms with E-state index in [1.807, 2.05) is 10.1 Å². The number of rotatable bonds is 4. The molecule has 3 N–H and O–H groups in total. The van der Waals surface area contributed by atoms with E-state index in [1.54, 1.807) is 0 Å². The predicted octanol–water partition coefficient (Wildman–Crippen LogP) is 2.25. The SMILES string of the molecule is C[C@H](Sc1n[nH]c(=O)[nH]c1=O)C(=O)Nc1cc(C(F)(F)F)ccc1Cl. The zero-order chi connectivity index (χ0) is 18.8. The Labute approximate surface area is 147 Å². The first-order valence-corrected chi connectivity index (χ1v) is 7.87. The number of carbonyl (C=O) groups is 1. The molecule has 0 spiro atoms. The van der Waals surface area contributed by atoms with Crippen LogP contribution in [0.5, 0.6) is 0 Å². The molecule has 1 aromatic heterocycles. The first kappa shape index (κ1) is 19.1. The van der Waals surface area contributed by atoms with E-state index in [-0.39, 0.29) is 15.7 Å². The van der Waals surface area contributed by atoms with Crippen LogP contribution in [0.3, 0.4) is 0 Å². The van der Waals surface area contributed by atoms with Crippen molar-refractivity contribution in [3.8, 4) is 0 Å². The number of anilines is 1. The Kier molecular flexibility index (Phi) is 5.58. The average molecular weight is 395 g/mol. The highest BCUT2D eigenvalue weighted by Crippen LogP contribution is 2.34. The van der Waals surface area contributed by atoms with Gasteiger partial charge in [0.25, 0.3) is 5.56 Å². The number of alkyl halides is 3. The van der Waals surface area contributed by atoms with Gasteiger partial charge in [-0.2, -0.15) is 18.3 Å². The van der Waals surface area contributed by atoms with Gasteiger partial charge in [0.1, 0.15) is 0 Å². The van der Waals surface area contributed by atoms with E-state index < -0.39 is 34.1 Å². The van der Waals surface area contributed by atoms with Crippen molar-refractivity contribution in [1.82, 2.24) is 15.2 Å². The molecule has 2 rings (SSSR count). The van der Waals surface area contributed by atoms with Crippen molar-refractivity contribution in [3.05, 3.63) is 49.6 Å². The largest absolute Gasteiger partial charge is 0.416 e. The molecular weight excluding hydrogens is 385 g/mol. The van der Waals surface area contributed by atoms with Gasteiger partial charge < -0.3 is 5.32 Å². The van der Waals surface area contributed by atoms with E-state index in [0.29, 0.717) is 6.07 Å². The van der Waals surface area contributed by atoms with E-state index >= 15 is 0 Å². The Morgan fingerprint density at radius 3 is 2.64 bits per heavy atom. The van der Waals surface area contributed by atoms with Crippen molar-refractivity contribution in [3.63, 3.8) is 0 Å². The van der Waals surface area contributed by atoms with Crippen LogP contribution in [-0.4, -0.2) is 26.3 Å². The van der Waals surface area contributed by atoms with Crippen molar-refractivity contribution in [2.45, 2.75) is 23.4 Å². The number of nitrogens with zero attached hydrogens (tertiary/aromatic N) is 1. The summed E-state index contributed by atoms with van der Waals surface area (Å²) < 4.78 is 38.2. The Bertz CT molecular complexity index is 912. The minimum Gasteiger partial charge on any atom is -0.324 e. The molecule has 0 bridgehead atoms. The smallest absolute Gasteiger partial charge is 0.324 e. The third-order valence-electron chi connectivity index (χ3n) is 2.89. The number of benzene rings is 1. The highest BCUT2D eigenvalue weighted by Gasteiger charge is 2.31. The molecule has 0 aliphatic heterocycles. The van der Waals surface area contributed by atoms with Crippen LogP contribution in [0, 0.1) is 0 Å². The Morgan fingerprint density at radius 2 is 2.04 bits per heavy atom. The molecular formula is C13H10ClF3N4O3S. The third kappa shape index (κ3) is 4.86. The van der Waals surface area contributed by atoms with Crippen LogP contribution in [0.1, 0.15) is 12.5 Å². The van der Waals surface area contributed by atoms with Gasteiger partial charge >= 0.3 is 11.9 Å². The number of hydrogen-bond acceptors (Lipinski definition) is 5. The lowest BCUT2D eigenvalue weighted by atomic mass is 10.2. The summed E-state index contributed by atoms with van der Waals surface area (Å²) in [7, 11) is 0. The molecule has 1 aromatic carbocycles. The molecule has 1 heterocycles. The lowest BCUT2D eigenvalue weighted by Gasteiger charge is -2.14. The van der Waals surface area contributed by atoms with Crippen LogP contribution in [0.15, 0.2) is 32.8 Å². The normalized spacial score (nSPS) is 12.7. The van der Waals surface area contributed by atoms with Gasteiger partial charge in [-0.25, -0.2) is 9.89 Å². The van der Waals surface area contributed by atoms with Gasteiger partial charge in [0, 0.05) is 0 Å². The topological polar surface area (TPSA) is 108 Å². The number of nitrogens with one attached hydrogen (secondary N) is 3. The maximum atomic E-state index is 12.7. The number of H-pyrrole nitrogens is 2. The van der Waals surface area contributed by atoms with Gasteiger partial charge in [0.2, 0.25) is 5.91 Å². The summed E-state index contributed by atoms with van der Waals surface area (Å²) >= 11 is 6.52. The molecule has 0 unspecified atom stereocenters. The first-order chi connectivity index (χ1) is 11.6. The fraction of sp³-hybridized carbons (Fsp3) is 0.231. The second-order valence-electron chi connectivity index (χ2n) is 4.75. The molecule has 1 atom stereocenters. The molecule has 7 nitrogen and oxygen atoms in total. The quantitative estimate of drug-likeness (QED) is 0.689. The van der Waals surface area contributed by atoms with Crippen molar-refractivity contribution >= 4 is 35.0 Å². The van der Waals surface area contributed by atoms with Crippen LogP contribution in [0.4, 0.5) is 18.9 Å². The summed E-state index contributed by atoms with van der Waals surface area (Å²) in [6.07, 6.45) is -4.59. The van der Waals surface area contributed by atoms with Crippen molar-refractivity contribution < 1.29 is 18.0 Å². The number of hydrogen-bond donors (Lipinski definition) is 3. The molecule has 12 heteroatoms. The molecule has 0 aliphatic carbocycles. The van der Waals surface area contributed by atoms with Gasteiger partial charge in [0.05, 0.1) is 21.5 Å². The van der Waals surface area contributed by atoms with E-state index in [0.717, 1.165) is 23.9 Å². The van der Waals surface area contributed by atoms with Gasteiger partial charge in [-0.3, -0.25) is 14.6 Å². The van der Waals surface area contributed by atoms with Gasteiger partial charge in [-0.1, -0.05) is 23.4 Å². The lowest BCUT2D eigenvalue weighted by molar-refractivity contribution is -0.137. The standard InChI is InChI=1S/C13H10ClF3N4O3S/c1-5(25-11-10(23)19-12(24)21-20-11)9(22)18-8-4-6(13(15,16)17)2-3-7(8)14/h2-5H,1H3,(H,18,22)(H2,19,21,23,24)/t5-/m0/s1. The van der Waals surface area contributed by atoms with E-state index in [9.17, 15) is 27.6 Å². The summed E-state index contributed by atoms with van der Waals surface area (Å²) in [5.41, 5.74) is -2.77. The van der Waals surface area contributed by atoms with Crippen LogP contribution in [-0.2, 0) is 11.0 Å². The number of amides is 1. The summed E-state index contributed by atoms with van der Waals surface area (Å²) in [4.78, 5) is 36.5. The van der Waals surface area contributed by atoms with Crippen LogP contribution < -0.4 is 16.6 Å². The summed E-state index contributed by atoms with van der Waals surface area (Å²) in [5, 5.41) is 6.64. The number of aromatic nitrogens is 3. The third-order valence-corrected chi connectivity index (χ3v) is 4.29. The van der Waals surface area contributed by atoms with E-state index in [2.05, 4.69) is 10.4 Å². The lowest BCUT2D eigenvalue weighted by Crippen LogP contribution is -2.28. The summed E-state index contributed by atoms with van der Waals surface area (Å²) in [5.74, 6) is -0.696. The summed E-state index contributed by atoms with van der Waals surface area (Å²) in [6, 6.07) is 2.52. The van der Waals surface area contributed by atoms with Crippen molar-refractivity contribution in [2.75, 3.05) is 5.32 Å². The zero-order valence-corrected chi connectivity index (χ0v) is 14.0. The first-order valence-electron chi connectivity index (χ1n) is 6.61. The van der Waals surface area contributed by atoms with Gasteiger partial charge in [-0.05, 0) is 25.1 Å². The molecule has 0 radical (unpaired) electrons. The molecule has 134 valence electrons. The molecule has 25 heavy (non-hydrogen) atoms. The van der Waals surface area contributed by atoms with Gasteiger partial charge in [0.15, 0.2) is 5.03 Å². The Morgan fingerprint density at radius 1 is 1.36 bits per heavy atom. The monoisotopic (exact) mass is 394 g/mol. The minimum atomic E-state index is -4.59. The molecule has 0 saturated carbocycles. The zero-order valence-electron chi connectivity index (χ0n) is 12.4. The molecule has 0 fully saturated rings. The fourth-order valence-electron chi connectivity index (χ4n) is 1.67. The summed E-state index contributed by atoms with van der Waals surface area (Å²) in [6.45, 7) is 1.41. The predicted molar refractivity (Wildman–Crippen MR) is 85.9 cm³/mol. The van der Waals surface area contributed by atoms with E-state index in [4.69, 9.17) is 11.6 Å².